The summed E-state index contributed by atoms with van der Waals surface area (Å²) in [5.74, 6) is -3.06. The van der Waals surface area contributed by atoms with Gasteiger partial charge in [-0.05, 0) is 32.4 Å². The predicted molar refractivity (Wildman–Crippen MR) is 98.8 cm³/mol. The van der Waals surface area contributed by atoms with E-state index in [0.29, 0.717) is 10.0 Å². The van der Waals surface area contributed by atoms with Crippen molar-refractivity contribution < 1.29 is 23.2 Å². The van der Waals surface area contributed by atoms with Gasteiger partial charge in [0.25, 0.3) is 11.6 Å². The highest BCUT2D eigenvalue weighted by molar-refractivity contribution is 9.10. The van der Waals surface area contributed by atoms with Gasteiger partial charge in [-0.2, -0.15) is 0 Å². The van der Waals surface area contributed by atoms with Crippen LogP contribution < -0.4 is 5.32 Å². The molecule has 1 amide bonds. The van der Waals surface area contributed by atoms with Crippen molar-refractivity contribution in [1.29, 1.82) is 0 Å². The van der Waals surface area contributed by atoms with Crippen LogP contribution in [-0.2, 0) is 11.3 Å². The minimum atomic E-state index is -3.06. The molecule has 0 unspecified atom stereocenters. The van der Waals surface area contributed by atoms with Crippen molar-refractivity contribution >= 4 is 27.7 Å². The fourth-order valence-electron chi connectivity index (χ4n) is 2.80. The molecule has 1 heterocycles. The lowest BCUT2D eigenvalue weighted by Gasteiger charge is -2.38. The van der Waals surface area contributed by atoms with E-state index in [1.54, 1.807) is 31.7 Å². The Bertz CT molecular complexity index is 725. The monoisotopic (exact) mass is 449 g/mol. The maximum atomic E-state index is 14.2. The summed E-state index contributed by atoms with van der Waals surface area (Å²) in [4.78, 5) is 24.1. The number of non-ortho nitro benzene ring substituents is 1. The van der Waals surface area contributed by atoms with Gasteiger partial charge in [0.1, 0.15) is 11.6 Å². The molecule has 27 heavy (non-hydrogen) atoms. The zero-order valence-electron chi connectivity index (χ0n) is 15.3. The first-order chi connectivity index (χ1) is 12.4. The van der Waals surface area contributed by atoms with Gasteiger partial charge in [0, 0.05) is 42.7 Å². The number of nitrogens with zero attached hydrogens (tertiary/aromatic N) is 2. The number of ether oxygens (including phenoxy) is 1. The van der Waals surface area contributed by atoms with Crippen LogP contribution in [0.3, 0.4) is 0 Å². The molecule has 10 heteroatoms. The number of carbonyl (C=O) groups excluding carboxylic acids is 1. The first-order valence-corrected chi connectivity index (χ1v) is 9.18. The van der Waals surface area contributed by atoms with Crippen LogP contribution in [0.4, 0.5) is 19.3 Å². The molecule has 0 radical (unpaired) electrons. The molecule has 0 aromatic heterocycles. The molecule has 1 aliphatic heterocycles. The molecule has 0 spiro atoms. The van der Waals surface area contributed by atoms with Gasteiger partial charge < -0.3 is 10.1 Å². The van der Waals surface area contributed by atoms with Crippen molar-refractivity contribution in [3.8, 4) is 0 Å². The number of hydrogen-bond acceptors (Lipinski definition) is 5. The molecule has 0 bridgehead atoms. The zero-order chi connectivity index (χ0) is 20.4. The maximum absolute atomic E-state index is 14.2. The van der Waals surface area contributed by atoms with Gasteiger partial charge >= 0.3 is 6.09 Å². The number of carbonyl (C=O) groups is 1. The first kappa shape index (κ1) is 21.5. The Morgan fingerprint density at radius 1 is 1.44 bits per heavy atom. The number of halogens is 3. The second kappa shape index (κ2) is 8.05. The van der Waals surface area contributed by atoms with Crippen LogP contribution in [0, 0.1) is 10.1 Å². The average molecular weight is 450 g/mol. The molecular formula is C17H22BrF2N3O4. The van der Waals surface area contributed by atoms with Crippen molar-refractivity contribution in [2.45, 2.75) is 51.3 Å². The third kappa shape index (κ3) is 6.39. The van der Waals surface area contributed by atoms with Gasteiger partial charge in [-0.15, -0.1) is 0 Å². The number of rotatable bonds is 4. The summed E-state index contributed by atoms with van der Waals surface area (Å²) >= 11 is 3.22. The van der Waals surface area contributed by atoms with E-state index in [1.807, 2.05) is 0 Å². The van der Waals surface area contributed by atoms with E-state index >= 15 is 0 Å². The van der Waals surface area contributed by atoms with Crippen LogP contribution in [0.2, 0.25) is 0 Å². The molecular weight excluding hydrogens is 428 g/mol. The van der Waals surface area contributed by atoms with E-state index in [0.717, 1.165) is 0 Å². The smallest absolute Gasteiger partial charge is 0.408 e. The summed E-state index contributed by atoms with van der Waals surface area (Å²) in [6.45, 7) is 5.23. The van der Waals surface area contributed by atoms with Crippen LogP contribution in [0.15, 0.2) is 22.7 Å². The number of nitro groups is 1. The highest BCUT2D eigenvalue weighted by Crippen LogP contribution is 2.30. The SMILES string of the molecule is CC(C)(C)OC(=O)N[C@@H]1CN(Cc2cc(Br)cc([N+](=O)[O-])c2)CCC1(F)F. The summed E-state index contributed by atoms with van der Waals surface area (Å²) in [5, 5.41) is 13.2. The lowest BCUT2D eigenvalue weighted by atomic mass is 10.0. The lowest BCUT2D eigenvalue weighted by Crippen LogP contribution is -2.58. The number of piperidine rings is 1. The minimum absolute atomic E-state index is 0.0786. The van der Waals surface area contributed by atoms with Gasteiger partial charge in [-0.25, -0.2) is 13.6 Å². The summed E-state index contributed by atoms with van der Waals surface area (Å²) < 4.78 is 34.0. The Labute approximate surface area is 164 Å². The fraction of sp³-hybridized carbons (Fsp3) is 0.588. The Balaban J connectivity index is 2.08. The molecule has 2 rings (SSSR count). The number of likely N-dealkylation sites (tertiary alicyclic amines) is 1. The van der Waals surface area contributed by atoms with Gasteiger partial charge in [-0.1, -0.05) is 15.9 Å². The quantitative estimate of drug-likeness (QED) is 0.552. The Hall–Kier alpha value is -1.81. The number of alkyl halides is 2. The molecule has 1 fully saturated rings. The van der Waals surface area contributed by atoms with Crippen LogP contribution in [0.1, 0.15) is 32.8 Å². The number of nitrogens with one attached hydrogen (secondary N) is 1. The molecule has 150 valence electrons. The number of benzene rings is 1. The second-order valence-corrected chi connectivity index (χ2v) is 8.44. The average Bonchev–Trinajstić information content (AvgIpc) is 2.48. The standard InChI is InChI=1S/C17H22BrF2N3O4/c1-16(2,3)27-15(24)21-14-10-22(5-4-17(14,19)20)9-11-6-12(18)8-13(7-11)23(25)26/h6-8,14H,4-5,9-10H2,1-3H3,(H,21,24)/t14-/m1/s1. The predicted octanol–water partition coefficient (Wildman–Crippen LogP) is 4.09. The Morgan fingerprint density at radius 2 is 2.11 bits per heavy atom. The molecule has 1 atom stereocenters. The zero-order valence-corrected chi connectivity index (χ0v) is 16.9. The summed E-state index contributed by atoms with van der Waals surface area (Å²) in [6.07, 6.45) is -1.32. The van der Waals surface area contributed by atoms with E-state index in [4.69, 9.17) is 4.74 Å². The van der Waals surface area contributed by atoms with E-state index in [-0.39, 0.29) is 25.3 Å². The minimum Gasteiger partial charge on any atom is -0.444 e. The molecule has 1 aromatic carbocycles. The van der Waals surface area contributed by atoms with Gasteiger partial charge in [0.05, 0.1) is 4.92 Å². The summed E-state index contributed by atoms with van der Waals surface area (Å²) in [6, 6.07) is 3.09. The van der Waals surface area contributed by atoms with Crippen molar-refractivity contribution in [1.82, 2.24) is 10.2 Å². The summed E-state index contributed by atoms with van der Waals surface area (Å²) in [5.41, 5.74) is -0.245. The van der Waals surface area contributed by atoms with Gasteiger partial charge in [0.15, 0.2) is 0 Å². The van der Waals surface area contributed by atoms with Crippen molar-refractivity contribution in [2.24, 2.45) is 0 Å². The van der Waals surface area contributed by atoms with E-state index in [9.17, 15) is 23.7 Å². The summed E-state index contributed by atoms with van der Waals surface area (Å²) in [7, 11) is 0. The Morgan fingerprint density at radius 3 is 2.70 bits per heavy atom. The van der Waals surface area contributed by atoms with Crippen molar-refractivity contribution in [2.75, 3.05) is 13.1 Å². The van der Waals surface area contributed by atoms with Crippen LogP contribution in [0.5, 0.6) is 0 Å². The highest BCUT2D eigenvalue weighted by Gasteiger charge is 2.45. The normalized spacial score (nSPS) is 20.1. The fourth-order valence-corrected chi connectivity index (χ4v) is 3.33. The van der Waals surface area contributed by atoms with Crippen LogP contribution in [0.25, 0.3) is 0 Å². The van der Waals surface area contributed by atoms with Crippen molar-refractivity contribution in [3.05, 3.63) is 38.3 Å². The molecule has 1 aromatic rings. The molecule has 1 N–H and O–H groups in total. The molecule has 0 saturated carbocycles. The largest absolute Gasteiger partial charge is 0.444 e. The number of hydrogen-bond donors (Lipinski definition) is 1. The Kier molecular flexibility index (Phi) is 6.41. The topological polar surface area (TPSA) is 84.7 Å². The van der Waals surface area contributed by atoms with E-state index in [1.165, 1.54) is 12.1 Å². The van der Waals surface area contributed by atoms with Crippen LogP contribution in [-0.4, -0.2) is 46.6 Å². The third-order valence-electron chi connectivity index (χ3n) is 3.96. The number of amides is 1. The van der Waals surface area contributed by atoms with E-state index < -0.39 is 35.0 Å². The molecule has 1 saturated heterocycles. The van der Waals surface area contributed by atoms with Crippen molar-refractivity contribution in [3.63, 3.8) is 0 Å². The van der Waals surface area contributed by atoms with Crippen LogP contribution >= 0.6 is 15.9 Å². The number of alkyl carbamates (subject to hydrolysis) is 1. The lowest BCUT2D eigenvalue weighted by molar-refractivity contribution is -0.385. The van der Waals surface area contributed by atoms with Gasteiger partial charge in [0.2, 0.25) is 0 Å². The van der Waals surface area contributed by atoms with E-state index in [2.05, 4.69) is 21.2 Å². The highest BCUT2D eigenvalue weighted by atomic mass is 79.9. The molecule has 1 aliphatic rings. The van der Waals surface area contributed by atoms with Gasteiger partial charge in [-0.3, -0.25) is 15.0 Å². The maximum Gasteiger partial charge on any atom is 0.408 e. The molecule has 7 nitrogen and oxygen atoms in total. The number of nitro benzene ring substituents is 1. The third-order valence-corrected chi connectivity index (χ3v) is 4.42. The second-order valence-electron chi connectivity index (χ2n) is 7.52. The first-order valence-electron chi connectivity index (χ1n) is 8.39. The molecule has 0 aliphatic carbocycles.